The van der Waals surface area contributed by atoms with E-state index in [4.69, 9.17) is 10.2 Å². The lowest BCUT2D eigenvalue weighted by Crippen LogP contribution is -2.38. The summed E-state index contributed by atoms with van der Waals surface area (Å²) in [7, 11) is 1.76. The minimum atomic E-state index is -0.393. The van der Waals surface area contributed by atoms with Crippen molar-refractivity contribution < 1.29 is 9.21 Å². The average molecular weight is 262 g/mol. The second-order valence-corrected chi connectivity index (χ2v) is 4.46. The average Bonchev–Trinajstić information content (AvgIpc) is 2.77. The molecule has 3 N–H and O–H groups in total. The number of nitrogens with zero attached hydrogens (tertiary/aromatic N) is 2. The highest BCUT2D eigenvalue weighted by atomic mass is 16.4. The standard InChI is InChI=1S/C13H18N4O2/c1-4-17(3)12(18)8(2)15-13-16-10-6-5-9(14)7-11(10)19-13/h5-8H,4,14H2,1-3H3,(H,15,16). The summed E-state index contributed by atoms with van der Waals surface area (Å²) < 4.78 is 5.51. The largest absolute Gasteiger partial charge is 0.423 e. The van der Waals surface area contributed by atoms with Crippen LogP contribution in [0.2, 0.25) is 0 Å². The number of nitrogen functional groups attached to an aromatic ring is 1. The van der Waals surface area contributed by atoms with Crippen molar-refractivity contribution >= 4 is 28.7 Å². The first kappa shape index (κ1) is 13.2. The van der Waals surface area contributed by atoms with Crippen molar-refractivity contribution in [2.45, 2.75) is 19.9 Å². The number of aromatic nitrogens is 1. The molecule has 2 aromatic rings. The third-order valence-corrected chi connectivity index (χ3v) is 2.97. The number of carbonyl (C=O) groups excluding carboxylic acids is 1. The van der Waals surface area contributed by atoms with E-state index in [9.17, 15) is 4.79 Å². The van der Waals surface area contributed by atoms with Gasteiger partial charge in [-0.15, -0.1) is 0 Å². The molecule has 102 valence electrons. The number of anilines is 2. The van der Waals surface area contributed by atoms with E-state index in [-0.39, 0.29) is 5.91 Å². The number of carbonyl (C=O) groups is 1. The molecular weight excluding hydrogens is 244 g/mol. The van der Waals surface area contributed by atoms with Crippen LogP contribution < -0.4 is 11.1 Å². The fraction of sp³-hybridized carbons (Fsp3) is 0.385. The molecule has 6 heteroatoms. The number of amides is 1. The predicted molar refractivity (Wildman–Crippen MR) is 74.8 cm³/mol. The number of likely N-dealkylation sites (N-methyl/N-ethyl adjacent to an activating group) is 1. The smallest absolute Gasteiger partial charge is 0.296 e. The molecule has 0 aliphatic carbocycles. The van der Waals surface area contributed by atoms with Gasteiger partial charge in [0.05, 0.1) is 0 Å². The van der Waals surface area contributed by atoms with Gasteiger partial charge in [-0.25, -0.2) is 0 Å². The van der Waals surface area contributed by atoms with Gasteiger partial charge in [0.25, 0.3) is 6.01 Å². The predicted octanol–water partition coefficient (Wildman–Crippen LogP) is 1.69. The van der Waals surface area contributed by atoms with Crippen LogP contribution in [0.15, 0.2) is 22.6 Å². The number of nitrogens with one attached hydrogen (secondary N) is 1. The molecule has 6 nitrogen and oxygen atoms in total. The van der Waals surface area contributed by atoms with E-state index in [0.717, 1.165) is 0 Å². The van der Waals surface area contributed by atoms with Crippen LogP contribution in [0, 0.1) is 0 Å². The van der Waals surface area contributed by atoms with Crippen molar-refractivity contribution in [3.8, 4) is 0 Å². The summed E-state index contributed by atoms with van der Waals surface area (Å²) in [5.74, 6) is -0.00994. The van der Waals surface area contributed by atoms with Gasteiger partial charge >= 0.3 is 0 Å². The van der Waals surface area contributed by atoms with Gasteiger partial charge in [-0.1, -0.05) is 0 Å². The Hall–Kier alpha value is -2.24. The zero-order chi connectivity index (χ0) is 14.0. The maximum absolute atomic E-state index is 11.9. The van der Waals surface area contributed by atoms with E-state index >= 15 is 0 Å². The van der Waals surface area contributed by atoms with E-state index in [1.165, 1.54) is 0 Å². The normalized spacial score (nSPS) is 12.4. The molecular formula is C13H18N4O2. The third kappa shape index (κ3) is 2.78. The van der Waals surface area contributed by atoms with Crippen molar-refractivity contribution in [2.24, 2.45) is 0 Å². The highest BCUT2D eigenvalue weighted by Crippen LogP contribution is 2.21. The summed E-state index contributed by atoms with van der Waals surface area (Å²) in [6.07, 6.45) is 0. The molecule has 1 heterocycles. The lowest BCUT2D eigenvalue weighted by Gasteiger charge is -2.19. The summed E-state index contributed by atoms with van der Waals surface area (Å²) in [5.41, 5.74) is 7.60. The van der Waals surface area contributed by atoms with Crippen LogP contribution in [0.5, 0.6) is 0 Å². The molecule has 0 saturated heterocycles. The van der Waals surface area contributed by atoms with Gasteiger partial charge in [-0.05, 0) is 26.0 Å². The lowest BCUT2D eigenvalue weighted by molar-refractivity contribution is -0.130. The van der Waals surface area contributed by atoms with Gasteiger partial charge in [0.1, 0.15) is 11.6 Å². The summed E-state index contributed by atoms with van der Waals surface area (Å²) in [6.45, 7) is 4.36. The van der Waals surface area contributed by atoms with Crippen LogP contribution in [0.3, 0.4) is 0 Å². The molecule has 0 saturated carbocycles. The topological polar surface area (TPSA) is 84.4 Å². The number of oxazole rings is 1. The molecule has 1 atom stereocenters. The van der Waals surface area contributed by atoms with Crippen molar-refractivity contribution in [2.75, 3.05) is 24.6 Å². The van der Waals surface area contributed by atoms with Crippen LogP contribution >= 0.6 is 0 Å². The summed E-state index contributed by atoms with van der Waals surface area (Å²) in [6, 6.07) is 5.18. The van der Waals surface area contributed by atoms with Gasteiger partial charge in [0.15, 0.2) is 5.58 Å². The molecule has 0 fully saturated rings. The number of nitrogens with two attached hydrogens (primary N) is 1. The number of fused-ring (bicyclic) bond motifs is 1. The summed E-state index contributed by atoms with van der Waals surface area (Å²) in [5, 5.41) is 2.96. The van der Waals surface area contributed by atoms with Crippen molar-refractivity contribution in [3.05, 3.63) is 18.2 Å². The molecule has 0 radical (unpaired) electrons. The first-order valence-electron chi connectivity index (χ1n) is 6.19. The Bertz CT molecular complexity index is 593. The van der Waals surface area contributed by atoms with E-state index in [0.29, 0.717) is 29.3 Å². The van der Waals surface area contributed by atoms with Gasteiger partial charge in [0, 0.05) is 25.3 Å². The second-order valence-electron chi connectivity index (χ2n) is 4.46. The number of hydrogen-bond donors (Lipinski definition) is 2. The van der Waals surface area contributed by atoms with Crippen LogP contribution in [0.25, 0.3) is 11.1 Å². The Morgan fingerprint density at radius 2 is 2.32 bits per heavy atom. The fourth-order valence-corrected chi connectivity index (χ4v) is 1.74. The lowest BCUT2D eigenvalue weighted by atomic mass is 10.3. The maximum Gasteiger partial charge on any atom is 0.296 e. The van der Waals surface area contributed by atoms with Crippen LogP contribution in [-0.2, 0) is 4.79 Å². The minimum Gasteiger partial charge on any atom is -0.423 e. The highest BCUT2D eigenvalue weighted by Gasteiger charge is 2.18. The van der Waals surface area contributed by atoms with Crippen molar-refractivity contribution in [1.29, 1.82) is 0 Å². The van der Waals surface area contributed by atoms with Crippen LogP contribution in [0.1, 0.15) is 13.8 Å². The first-order chi connectivity index (χ1) is 9.01. The number of rotatable bonds is 4. The molecule has 19 heavy (non-hydrogen) atoms. The molecule has 1 amide bonds. The second kappa shape index (κ2) is 5.17. The maximum atomic E-state index is 11.9. The quantitative estimate of drug-likeness (QED) is 0.819. The van der Waals surface area contributed by atoms with E-state index < -0.39 is 6.04 Å². The Balaban J connectivity index is 2.15. The Labute approximate surface area is 111 Å². The van der Waals surface area contributed by atoms with Crippen molar-refractivity contribution in [3.63, 3.8) is 0 Å². The summed E-state index contributed by atoms with van der Waals surface area (Å²) in [4.78, 5) is 17.8. The molecule has 0 aliphatic heterocycles. The molecule has 1 unspecified atom stereocenters. The summed E-state index contributed by atoms with van der Waals surface area (Å²) >= 11 is 0. The van der Waals surface area contributed by atoms with Gasteiger partial charge in [-0.2, -0.15) is 4.98 Å². The van der Waals surface area contributed by atoms with E-state index in [2.05, 4.69) is 10.3 Å². The number of benzene rings is 1. The molecule has 0 bridgehead atoms. The molecule has 0 spiro atoms. The Morgan fingerprint density at radius 1 is 1.58 bits per heavy atom. The Kier molecular flexibility index (Phi) is 3.59. The van der Waals surface area contributed by atoms with Crippen molar-refractivity contribution in [1.82, 2.24) is 9.88 Å². The number of hydrogen-bond acceptors (Lipinski definition) is 5. The van der Waals surface area contributed by atoms with Gasteiger partial charge < -0.3 is 20.4 Å². The van der Waals surface area contributed by atoms with Crippen LogP contribution in [0.4, 0.5) is 11.7 Å². The zero-order valence-electron chi connectivity index (χ0n) is 11.3. The third-order valence-electron chi connectivity index (χ3n) is 2.97. The van der Waals surface area contributed by atoms with E-state index in [1.807, 2.05) is 6.92 Å². The zero-order valence-corrected chi connectivity index (χ0v) is 11.3. The highest BCUT2D eigenvalue weighted by molar-refractivity contribution is 5.84. The van der Waals surface area contributed by atoms with Gasteiger partial charge in [-0.3, -0.25) is 4.79 Å². The molecule has 1 aromatic carbocycles. The van der Waals surface area contributed by atoms with Gasteiger partial charge in [0.2, 0.25) is 5.91 Å². The SMILES string of the molecule is CCN(C)C(=O)C(C)Nc1nc2ccc(N)cc2o1. The first-order valence-corrected chi connectivity index (χ1v) is 6.19. The van der Waals surface area contributed by atoms with Crippen LogP contribution in [-0.4, -0.2) is 35.4 Å². The monoisotopic (exact) mass is 262 g/mol. The fourth-order valence-electron chi connectivity index (χ4n) is 1.74. The molecule has 1 aromatic heterocycles. The molecule has 0 aliphatic rings. The Morgan fingerprint density at radius 3 is 3.00 bits per heavy atom. The minimum absolute atomic E-state index is 0.00994. The molecule has 2 rings (SSSR count). The van der Waals surface area contributed by atoms with E-state index in [1.54, 1.807) is 37.1 Å².